The zero-order chi connectivity index (χ0) is 53.7. The van der Waals surface area contributed by atoms with Gasteiger partial charge in [0.15, 0.2) is 31.4 Å². The molecule has 0 unspecified atom stereocenters. The number of hydrogen-bond acceptors (Lipinski definition) is 8. The summed E-state index contributed by atoms with van der Waals surface area (Å²) >= 11 is 0. The molecule has 4 rings (SSSR count). The number of hydrogen-bond donors (Lipinski definition) is 0. The molecule has 0 atom stereocenters. The number of aldehydes is 5. The van der Waals surface area contributed by atoms with E-state index in [1.807, 2.05) is 6.07 Å². The van der Waals surface area contributed by atoms with Gasteiger partial charge in [0, 0.05) is 38.9 Å². The van der Waals surface area contributed by atoms with Gasteiger partial charge in [0.05, 0.1) is 47.6 Å². The van der Waals surface area contributed by atoms with E-state index in [0.717, 1.165) is 64.1 Å². The highest BCUT2D eigenvalue weighted by atomic mass is 16.5. The van der Waals surface area contributed by atoms with Gasteiger partial charge < -0.3 is 14.2 Å². The fourth-order valence-corrected chi connectivity index (χ4v) is 8.84. The molecule has 0 amide bonds. The molecule has 0 radical (unpaired) electrons. The van der Waals surface area contributed by atoms with E-state index < -0.39 is 0 Å². The Morgan fingerprint density at radius 2 is 0.507 bits per heavy atom. The summed E-state index contributed by atoms with van der Waals surface area (Å²) in [7, 11) is 0. The summed E-state index contributed by atoms with van der Waals surface area (Å²) < 4.78 is 18.2. The van der Waals surface area contributed by atoms with Crippen LogP contribution in [0, 0.1) is 35.5 Å². The topological polar surface area (TPSA) is 113 Å². The number of unbranched alkanes of at least 4 members (excludes halogenated alkanes) is 21. The Bertz CT molecular complexity index is 2270. The zero-order valence-corrected chi connectivity index (χ0v) is 45.2. The van der Waals surface area contributed by atoms with Gasteiger partial charge in [0.2, 0.25) is 0 Å². The minimum absolute atomic E-state index is 0.238. The van der Waals surface area contributed by atoms with E-state index in [-0.39, 0.29) is 33.8 Å². The molecule has 396 valence electrons. The highest BCUT2D eigenvalue weighted by Gasteiger charge is 2.14. The van der Waals surface area contributed by atoms with Crippen molar-refractivity contribution in [1.29, 1.82) is 0 Å². The molecule has 0 aliphatic carbocycles. The van der Waals surface area contributed by atoms with Crippen molar-refractivity contribution in [2.24, 2.45) is 0 Å². The Kier molecular flexibility index (Phi) is 29.8. The summed E-state index contributed by atoms with van der Waals surface area (Å²) in [5.74, 6) is 20.0. The van der Waals surface area contributed by atoms with Crippen LogP contribution in [-0.4, -0.2) is 51.3 Å². The van der Waals surface area contributed by atoms with Crippen molar-refractivity contribution >= 4 is 37.5 Å². The van der Waals surface area contributed by atoms with Crippen LogP contribution >= 0.6 is 0 Å². The monoisotopic (exact) mass is 1010 g/mol. The van der Waals surface area contributed by atoms with E-state index in [4.69, 9.17) is 14.2 Å². The number of ether oxygens (including phenoxy) is 3. The van der Waals surface area contributed by atoms with E-state index in [9.17, 15) is 24.0 Å². The van der Waals surface area contributed by atoms with E-state index >= 15 is 0 Å². The van der Waals surface area contributed by atoms with E-state index in [1.54, 1.807) is 54.6 Å². The highest BCUT2D eigenvalue weighted by molar-refractivity contribution is 5.90. The Morgan fingerprint density at radius 3 is 0.733 bits per heavy atom. The Balaban J connectivity index is 1.64. The molecule has 0 fully saturated rings. The summed E-state index contributed by atoms with van der Waals surface area (Å²) in [6.07, 6.45) is 32.7. The lowest BCUT2D eigenvalue weighted by molar-refractivity contribution is 0.110. The fraction of sp³-hybridized carbons (Fsp3) is 0.448. The van der Waals surface area contributed by atoms with Gasteiger partial charge in [-0.05, 0) is 73.9 Å². The third-order valence-corrected chi connectivity index (χ3v) is 13.0. The van der Waals surface area contributed by atoms with Crippen LogP contribution < -0.4 is 14.2 Å². The molecule has 0 N–H and O–H groups in total. The van der Waals surface area contributed by atoms with Crippen molar-refractivity contribution in [2.75, 3.05) is 19.8 Å². The van der Waals surface area contributed by atoms with Gasteiger partial charge in [0.25, 0.3) is 0 Å². The summed E-state index contributed by atoms with van der Waals surface area (Å²) in [6.45, 7) is 11.9. The molecule has 75 heavy (non-hydrogen) atoms. The average molecular weight is 1010 g/mol. The van der Waals surface area contributed by atoms with E-state index in [2.05, 4.69) is 62.9 Å². The molecule has 0 bridgehead atoms. The first-order valence-electron chi connectivity index (χ1n) is 27.9. The molecule has 0 saturated heterocycles. The molecule has 0 aliphatic heterocycles. The van der Waals surface area contributed by atoms with Crippen molar-refractivity contribution < 1.29 is 38.2 Å². The molecule has 8 nitrogen and oxygen atoms in total. The predicted molar refractivity (Wildman–Crippen MR) is 305 cm³/mol. The largest absolute Gasteiger partial charge is 0.492 e. The van der Waals surface area contributed by atoms with E-state index in [1.165, 1.54) is 96.3 Å². The summed E-state index contributed by atoms with van der Waals surface area (Å²) in [5.41, 5.74) is 5.10. The second kappa shape index (κ2) is 36.9. The standard InChI is InChI=1S/C67H80O8/c1-5-9-12-15-18-21-24-27-36-73-65-59(8-4)42-56(43-60(65)48-68)33-30-53-39-54(31-34-57-44-61(49-69)66(62(45-57)50-70)74-37-28-25-22-19-16-13-10-6-2)41-55(40-53)32-35-58-46-63(51-71)67(64(47-58)52-72)75-38-29-26-23-20-17-14-11-7-3/h8,39-52H,4-7,9-29,36-38H2,1-3H3. The number of benzene rings is 4. The maximum Gasteiger partial charge on any atom is 0.153 e. The van der Waals surface area contributed by atoms with Crippen molar-refractivity contribution in [3.63, 3.8) is 0 Å². The summed E-state index contributed by atoms with van der Waals surface area (Å²) in [5, 5.41) is 0. The lowest BCUT2D eigenvalue weighted by atomic mass is 10.0. The van der Waals surface area contributed by atoms with Gasteiger partial charge in [-0.15, -0.1) is 0 Å². The fourth-order valence-electron chi connectivity index (χ4n) is 8.84. The minimum Gasteiger partial charge on any atom is -0.492 e. The van der Waals surface area contributed by atoms with Gasteiger partial charge in [-0.2, -0.15) is 0 Å². The normalized spacial score (nSPS) is 10.4. The molecule has 8 heteroatoms. The van der Waals surface area contributed by atoms with Crippen molar-refractivity contribution in [3.05, 3.63) is 128 Å². The first-order valence-corrected chi connectivity index (χ1v) is 27.9. The Morgan fingerprint density at radius 1 is 0.307 bits per heavy atom. The lowest BCUT2D eigenvalue weighted by Gasteiger charge is -2.12. The van der Waals surface area contributed by atoms with Crippen LogP contribution in [0.4, 0.5) is 0 Å². The molecular weight excluding hydrogens is 933 g/mol. The molecule has 4 aromatic carbocycles. The Labute approximate surface area is 449 Å². The molecule has 0 aliphatic rings. The van der Waals surface area contributed by atoms with E-state index in [0.29, 0.717) is 95.2 Å². The maximum absolute atomic E-state index is 12.4. The van der Waals surface area contributed by atoms with Crippen LogP contribution in [0.3, 0.4) is 0 Å². The SMILES string of the molecule is C=Cc1cc(C#Cc2cc(C#Cc3cc(C=O)c(OCCCCCCCCCC)c(C=O)c3)cc(C#Cc3cc(C=O)c(OCCCCCCCCCC)c(C=O)c3)c2)cc(C=O)c1OCCCCCCCCCC. The van der Waals surface area contributed by atoms with Gasteiger partial charge >= 0.3 is 0 Å². The average Bonchev–Trinajstić information content (AvgIpc) is 3.44. The number of carbonyl (C=O) groups is 5. The predicted octanol–water partition coefficient (Wildman–Crippen LogP) is 16.1. The third-order valence-electron chi connectivity index (χ3n) is 13.0. The van der Waals surface area contributed by atoms with Crippen LogP contribution in [0.1, 0.15) is 266 Å². The van der Waals surface area contributed by atoms with Crippen LogP contribution in [0.25, 0.3) is 6.08 Å². The second-order valence-electron chi connectivity index (χ2n) is 19.3. The second-order valence-corrected chi connectivity index (χ2v) is 19.3. The molecular formula is C67H80O8. The third kappa shape index (κ3) is 22.2. The Hall–Kier alpha value is -6.95. The lowest BCUT2D eigenvalue weighted by Crippen LogP contribution is -2.04. The smallest absolute Gasteiger partial charge is 0.153 e. The first-order chi connectivity index (χ1) is 36.8. The quantitative estimate of drug-likeness (QED) is 0.0251. The van der Waals surface area contributed by atoms with Crippen LogP contribution in [0.2, 0.25) is 0 Å². The van der Waals surface area contributed by atoms with Crippen LogP contribution in [0.5, 0.6) is 17.2 Å². The van der Waals surface area contributed by atoms with Crippen molar-refractivity contribution in [3.8, 4) is 52.8 Å². The van der Waals surface area contributed by atoms with Crippen molar-refractivity contribution in [1.82, 2.24) is 0 Å². The summed E-state index contributed by atoms with van der Waals surface area (Å²) in [4.78, 5) is 61.7. The molecule has 4 aromatic rings. The zero-order valence-electron chi connectivity index (χ0n) is 45.2. The van der Waals surface area contributed by atoms with Crippen molar-refractivity contribution in [2.45, 2.75) is 175 Å². The van der Waals surface area contributed by atoms with Gasteiger partial charge in [-0.3, -0.25) is 24.0 Å². The molecule has 0 saturated carbocycles. The van der Waals surface area contributed by atoms with Crippen LogP contribution in [-0.2, 0) is 0 Å². The highest BCUT2D eigenvalue weighted by Crippen LogP contribution is 2.28. The number of rotatable bonds is 36. The van der Waals surface area contributed by atoms with Gasteiger partial charge in [-0.1, -0.05) is 204 Å². The first kappa shape index (κ1) is 60.6. The number of carbonyl (C=O) groups excluding carboxylic acids is 5. The minimum atomic E-state index is 0.238. The summed E-state index contributed by atoms with van der Waals surface area (Å²) in [6, 6.07) is 15.4. The van der Waals surface area contributed by atoms with Gasteiger partial charge in [0.1, 0.15) is 17.2 Å². The van der Waals surface area contributed by atoms with Gasteiger partial charge in [-0.25, -0.2) is 0 Å². The molecule has 0 aromatic heterocycles. The molecule has 0 heterocycles. The van der Waals surface area contributed by atoms with Crippen LogP contribution in [0.15, 0.2) is 61.2 Å². The maximum atomic E-state index is 12.4. The molecule has 0 spiro atoms.